The molecule has 2 rings (SSSR count). The first kappa shape index (κ1) is 20.9. The molecule has 9 heteroatoms. The Bertz CT molecular complexity index is 588. The Labute approximate surface area is 159 Å². The lowest BCUT2D eigenvalue weighted by Gasteiger charge is -2.13. The average Bonchev–Trinajstić information content (AvgIpc) is 3.18. The number of non-ortho nitro benzene ring substituents is 1. The highest BCUT2D eigenvalue weighted by atomic mass is 16.6. The van der Waals surface area contributed by atoms with E-state index in [0.717, 1.165) is 37.6 Å². The lowest BCUT2D eigenvalue weighted by Crippen LogP contribution is -2.39. The molecule has 9 nitrogen and oxygen atoms in total. The van der Waals surface area contributed by atoms with Crippen LogP contribution in [0.3, 0.4) is 0 Å². The van der Waals surface area contributed by atoms with Gasteiger partial charge in [-0.25, -0.2) is 0 Å². The Hall–Kier alpha value is -2.39. The summed E-state index contributed by atoms with van der Waals surface area (Å²) in [5, 5.41) is 20.3. The van der Waals surface area contributed by atoms with Gasteiger partial charge in [0, 0.05) is 57.2 Å². The first-order valence-corrected chi connectivity index (χ1v) is 9.39. The monoisotopic (exact) mass is 379 g/mol. The van der Waals surface area contributed by atoms with Crippen molar-refractivity contribution in [3.63, 3.8) is 0 Å². The third-order valence-electron chi connectivity index (χ3n) is 3.98. The van der Waals surface area contributed by atoms with E-state index in [1.54, 1.807) is 12.1 Å². The molecule has 150 valence electrons. The van der Waals surface area contributed by atoms with Gasteiger partial charge < -0.3 is 25.4 Å². The zero-order chi connectivity index (χ0) is 19.3. The fourth-order valence-electron chi connectivity index (χ4n) is 2.58. The van der Waals surface area contributed by atoms with Crippen molar-refractivity contribution >= 4 is 17.3 Å². The molecule has 1 atom stereocenters. The van der Waals surface area contributed by atoms with Crippen LogP contribution in [0.2, 0.25) is 0 Å². The second-order valence-corrected chi connectivity index (χ2v) is 6.13. The number of nitrogens with zero attached hydrogens (tertiary/aromatic N) is 2. The molecule has 1 unspecified atom stereocenters. The number of hydrogen-bond donors (Lipinski definition) is 3. The van der Waals surface area contributed by atoms with E-state index in [4.69, 9.17) is 9.47 Å². The maximum absolute atomic E-state index is 10.6. The second-order valence-electron chi connectivity index (χ2n) is 6.13. The minimum Gasteiger partial charge on any atom is -0.383 e. The highest BCUT2D eigenvalue weighted by molar-refractivity contribution is 5.79. The van der Waals surface area contributed by atoms with Gasteiger partial charge in [-0.1, -0.05) is 0 Å². The number of nitro benzene ring substituents is 1. The third-order valence-corrected chi connectivity index (χ3v) is 3.98. The summed E-state index contributed by atoms with van der Waals surface area (Å²) in [6.07, 6.45) is 2.09. The molecule has 0 spiro atoms. The molecule has 1 fully saturated rings. The maximum Gasteiger partial charge on any atom is 0.269 e. The first-order chi connectivity index (χ1) is 13.2. The minimum atomic E-state index is -0.406. The highest BCUT2D eigenvalue weighted by Crippen LogP contribution is 2.14. The zero-order valence-corrected chi connectivity index (χ0v) is 15.8. The molecule has 0 aromatic heterocycles. The molecule has 0 amide bonds. The number of hydrogen-bond acceptors (Lipinski definition) is 6. The average molecular weight is 379 g/mol. The van der Waals surface area contributed by atoms with E-state index in [-0.39, 0.29) is 11.8 Å². The Kier molecular flexibility index (Phi) is 9.36. The van der Waals surface area contributed by atoms with Crippen LogP contribution in [0.15, 0.2) is 29.3 Å². The lowest BCUT2D eigenvalue weighted by molar-refractivity contribution is -0.384. The summed E-state index contributed by atoms with van der Waals surface area (Å²) in [6.45, 7) is 7.05. The number of benzene rings is 1. The summed E-state index contributed by atoms with van der Waals surface area (Å²) < 4.78 is 11.0. The van der Waals surface area contributed by atoms with Gasteiger partial charge in [-0.2, -0.15) is 0 Å². The number of aliphatic imine (C=N–C) groups is 1. The Morgan fingerprint density at radius 3 is 2.81 bits per heavy atom. The fourth-order valence-corrected chi connectivity index (χ4v) is 2.58. The predicted octanol–water partition coefficient (Wildman–Crippen LogP) is 1.76. The molecule has 3 N–H and O–H groups in total. The molecule has 27 heavy (non-hydrogen) atoms. The number of ether oxygens (including phenoxy) is 2. The van der Waals surface area contributed by atoms with Crippen molar-refractivity contribution < 1.29 is 14.4 Å². The molecule has 0 saturated carbocycles. The number of guanidine groups is 1. The summed E-state index contributed by atoms with van der Waals surface area (Å²) in [5.41, 5.74) is 0.932. The quantitative estimate of drug-likeness (QED) is 0.177. The minimum absolute atomic E-state index is 0.0877. The molecular formula is C18H29N5O4. The highest BCUT2D eigenvalue weighted by Gasteiger charge is 2.15. The van der Waals surface area contributed by atoms with Crippen LogP contribution in [-0.2, 0) is 9.47 Å². The van der Waals surface area contributed by atoms with Crippen LogP contribution in [0.5, 0.6) is 0 Å². The lowest BCUT2D eigenvalue weighted by atomic mass is 10.3. The van der Waals surface area contributed by atoms with E-state index < -0.39 is 4.92 Å². The predicted molar refractivity (Wildman–Crippen MR) is 105 cm³/mol. The Balaban J connectivity index is 1.61. The van der Waals surface area contributed by atoms with Gasteiger partial charge in [-0.15, -0.1) is 0 Å². The molecule has 0 aliphatic carbocycles. The number of anilines is 1. The third kappa shape index (κ3) is 8.23. The van der Waals surface area contributed by atoms with Crippen molar-refractivity contribution in [2.24, 2.45) is 4.99 Å². The Morgan fingerprint density at radius 1 is 1.33 bits per heavy atom. The molecule has 0 bridgehead atoms. The van der Waals surface area contributed by atoms with Gasteiger partial charge in [0.05, 0.1) is 17.6 Å². The van der Waals surface area contributed by atoms with Gasteiger partial charge in [0.1, 0.15) is 0 Å². The van der Waals surface area contributed by atoms with Crippen molar-refractivity contribution in [3.8, 4) is 0 Å². The second kappa shape index (κ2) is 12.1. The van der Waals surface area contributed by atoms with E-state index in [2.05, 4.69) is 20.9 Å². The molecule has 0 radical (unpaired) electrons. The van der Waals surface area contributed by atoms with E-state index in [9.17, 15) is 10.1 Å². The van der Waals surface area contributed by atoms with Gasteiger partial charge >= 0.3 is 0 Å². The van der Waals surface area contributed by atoms with Gasteiger partial charge in [0.15, 0.2) is 5.96 Å². The number of nitrogens with one attached hydrogen (secondary N) is 3. The molecule has 1 aromatic rings. The van der Waals surface area contributed by atoms with E-state index in [1.807, 2.05) is 6.92 Å². The van der Waals surface area contributed by atoms with Gasteiger partial charge in [-0.05, 0) is 31.9 Å². The van der Waals surface area contributed by atoms with Gasteiger partial charge in [0.2, 0.25) is 0 Å². The molecule has 1 heterocycles. The van der Waals surface area contributed by atoms with Crippen molar-refractivity contribution in [1.82, 2.24) is 10.6 Å². The summed E-state index contributed by atoms with van der Waals surface area (Å²) >= 11 is 0. The number of nitro groups is 1. The summed E-state index contributed by atoms with van der Waals surface area (Å²) in [5.74, 6) is 0.771. The van der Waals surface area contributed by atoms with Gasteiger partial charge in [0.25, 0.3) is 5.69 Å². The topological polar surface area (TPSA) is 110 Å². The van der Waals surface area contributed by atoms with Crippen LogP contribution in [0.1, 0.15) is 19.8 Å². The molecular weight excluding hydrogens is 350 g/mol. The van der Waals surface area contributed by atoms with Crippen LogP contribution in [0.25, 0.3) is 0 Å². The van der Waals surface area contributed by atoms with Crippen molar-refractivity contribution in [3.05, 3.63) is 34.4 Å². The van der Waals surface area contributed by atoms with Gasteiger partial charge in [-0.3, -0.25) is 15.1 Å². The van der Waals surface area contributed by atoms with Crippen molar-refractivity contribution in [1.29, 1.82) is 0 Å². The normalized spacial score (nSPS) is 16.9. The van der Waals surface area contributed by atoms with Crippen LogP contribution < -0.4 is 16.0 Å². The molecule has 1 aromatic carbocycles. The van der Waals surface area contributed by atoms with Crippen LogP contribution >= 0.6 is 0 Å². The van der Waals surface area contributed by atoms with E-state index in [1.165, 1.54) is 12.1 Å². The summed E-state index contributed by atoms with van der Waals surface area (Å²) in [7, 11) is 0. The molecule has 1 aliphatic rings. The number of rotatable bonds is 11. The SMILES string of the molecule is CCNC(=NCCCOC1CCOC1)NCCNc1ccc([N+](=O)[O-])cc1. The smallest absolute Gasteiger partial charge is 0.269 e. The Morgan fingerprint density at radius 2 is 2.15 bits per heavy atom. The summed E-state index contributed by atoms with van der Waals surface area (Å²) in [4.78, 5) is 14.8. The molecule has 1 saturated heterocycles. The van der Waals surface area contributed by atoms with Crippen molar-refractivity contribution in [2.45, 2.75) is 25.9 Å². The van der Waals surface area contributed by atoms with Crippen LogP contribution in [0, 0.1) is 10.1 Å². The van der Waals surface area contributed by atoms with E-state index in [0.29, 0.717) is 32.8 Å². The first-order valence-electron chi connectivity index (χ1n) is 9.39. The maximum atomic E-state index is 10.6. The van der Waals surface area contributed by atoms with E-state index >= 15 is 0 Å². The fraction of sp³-hybridized carbons (Fsp3) is 0.611. The van der Waals surface area contributed by atoms with Crippen molar-refractivity contribution in [2.75, 3.05) is 51.3 Å². The standard InChI is InChI=1S/C18H29N5O4/c1-2-19-18(21-9-3-12-27-17-8-13-26-14-17)22-11-10-20-15-4-6-16(7-5-15)23(24)25/h4-7,17,20H,2-3,8-14H2,1H3,(H2,19,21,22). The van der Waals surface area contributed by atoms with Crippen LogP contribution in [0.4, 0.5) is 11.4 Å². The van der Waals surface area contributed by atoms with Crippen LogP contribution in [-0.4, -0.2) is 63.0 Å². The largest absolute Gasteiger partial charge is 0.383 e. The molecule has 1 aliphatic heterocycles. The zero-order valence-electron chi connectivity index (χ0n) is 15.8. The summed E-state index contributed by atoms with van der Waals surface area (Å²) in [6, 6.07) is 6.38.